The minimum absolute atomic E-state index is 0.239. The van der Waals surface area contributed by atoms with E-state index >= 15 is 0 Å². The van der Waals surface area contributed by atoms with Gasteiger partial charge in [-0.25, -0.2) is 9.59 Å². The van der Waals surface area contributed by atoms with Crippen LogP contribution in [0.3, 0.4) is 0 Å². The Hall–Kier alpha value is -2.04. The van der Waals surface area contributed by atoms with Crippen molar-refractivity contribution in [1.82, 2.24) is 5.32 Å². The molecule has 27 heavy (non-hydrogen) atoms. The molecule has 0 bridgehead atoms. The summed E-state index contributed by atoms with van der Waals surface area (Å²) in [5.41, 5.74) is 0.961. The van der Waals surface area contributed by atoms with Crippen LogP contribution in [0.2, 0.25) is 0 Å². The summed E-state index contributed by atoms with van der Waals surface area (Å²) in [6, 6.07) is 8.84. The molecule has 1 N–H and O–H groups in total. The van der Waals surface area contributed by atoms with Gasteiger partial charge in [-0.05, 0) is 17.9 Å². The van der Waals surface area contributed by atoms with Gasteiger partial charge in [0.1, 0.15) is 6.04 Å². The van der Waals surface area contributed by atoms with E-state index in [0.29, 0.717) is 19.6 Å². The third kappa shape index (κ3) is 11.3. The van der Waals surface area contributed by atoms with Gasteiger partial charge in [-0.15, -0.1) is 0 Å². The van der Waals surface area contributed by atoms with Crippen LogP contribution >= 0.6 is 0 Å². The first kappa shape index (κ1) is 23.0. The van der Waals surface area contributed by atoms with Crippen LogP contribution in [-0.2, 0) is 20.7 Å². The first-order valence-electron chi connectivity index (χ1n) is 10.2. The number of unbranched alkanes of at least 4 members (excludes halogenated alkanes) is 5. The fourth-order valence-corrected chi connectivity index (χ4v) is 2.63. The van der Waals surface area contributed by atoms with Gasteiger partial charge in [0.15, 0.2) is 0 Å². The van der Waals surface area contributed by atoms with Crippen LogP contribution < -0.4 is 5.32 Å². The minimum Gasteiger partial charge on any atom is -0.464 e. The second-order valence-corrected chi connectivity index (χ2v) is 7.31. The molecule has 1 aromatic carbocycles. The maximum atomic E-state index is 12.5. The van der Waals surface area contributed by atoms with Gasteiger partial charge in [-0.2, -0.15) is 0 Å². The van der Waals surface area contributed by atoms with Gasteiger partial charge < -0.3 is 14.8 Å². The highest BCUT2D eigenvalue weighted by atomic mass is 16.6. The quantitative estimate of drug-likeness (QED) is 0.393. The molecule has 0 saturated carbocycles. The van der Waals surface area contributed by atoms with E-state index in [4.69, 9.17) is 9.47 Å². The number of ether oxygens (including phenoxy) is 2. The Kier molecular flexibility index (Phi) is 12.0. The molecule has 0 radical (unpaired) electrons. The number of amides is 1. The third-order valence-corrected chi connectivity index (χ3v) is 4.15. The summed E-state index contributed by atoms with van der Waals surface area (Å²) < 4.78 is 10.5. The van der Waals surface area contributed by atoms with Crippen LogP contribution in [0.1, 0.15) is 64.9 Å². The molecule has 0 aliphatic rings. The third-order valence-electron chi connectivity index (χ3n) is 4.15. The number of alkyl carbamates (subject to hydrolysis) is 1. The minimum atomic E-state index is -0.743. The van der Waals surface area contributed by atoms with Crippen molar-refractivity contribution < 1.29 is 19.1 Å². The Morgan fingerprint density at radius 3 is 2.30 bits per heavy atom. The van der Waals surface area contributed by atoms with E-state index in [2.05, 4.69) is 12.2 Å². The highest BCUT2D eigenvalue weighted by molar-refractivity contribution is 5.81. The second-order valence-electron chi connectivity index (χ2n) is 7.31. The van der Waals surface area contributed by atoms with Crippen molar-refractivity contribution in [2.45, 2.75) is 71.8 Å². The van der Waals surface area contributed by atoms with E-state index in [-0.39, 0.29) is 5.92 Å². The van der Waals surface area contributed by atoms with Crippen LogP contribution in [-0.4, -0.2) is 31.3 Å². The molecule has 0 spiro atoms. The predicted octanol–water partition coefficient (Wildman–Crippen LogP) is 4.88. The zero-order valence-electron chi connectivity index (χ0n) is 17.0. The number of benzene rings is 1. The van der Waals surface area contributed by atoms with Gasteiger partial charge in [0.25, 0.3) is 0 Å². The van der Waals surface area contributed by atoms with Crippen molar-refractivity contribution in [3.05, 3.63) is 35.9 Å². The molecule has 152 valence electrons. The summed E-state index contributed by atoms with van der Waals surface area (Å²) in [5, 5.41) is 2.65. The predicted molar refractivity (Wildman–Crippen MR) is 108 cm³/mol. The summed E-state index contributed by atoms with van der Waals surface area (Å²) >= 11 is 0. The van der Waals surface area contributed by atoms with Crippen molar-refractivity contribution in [3.8, 4) is 0 Å². The van der Waals surface area contributed by atoms with Crippen LogP contribution in [0.5, 0.6) is 0 Å². The lowest BCUT2D eigenvalue weighted by atomic mass is 10.1. The number of carbonyl (C=O) groups is 2. The van der Waals surface area contributed by atoms with Crippen LogP contribution in [0.25, 0.3) is 0 Å². The molecule has 1 atom stereocenters. The molecule has 1 unspecified atom stereocenters. The van der Waals surface area contributed by atoms with Crippen molar-refractivity contribution >= 4 is 12.1 Å². The molecular weight excluding hydrogens is 342 g/mol. The largest absolute Gasteiger partial charge is 0.464 e. The van der Waals surface area contributed by atoms with Gasteiger partial charge in [0.2, 0.25) is 0 Å². The van der Waals surface area contributed by atoms with Crippen LogP contribution in [0.4, 0.5) is 4.79 Å². The molecule has 5 heteroatoms. The number of nitrogens with one attached hydrogen (secondary N) is 1. The smallest absolute Gasteiger partial charge is 0.407 e. The highest BCUT2D eigenvalue weighted by Crippen LogP contribution is 2.08. The molecule has 1 rings (SSSR count). The monoisotopic (exact) mass is 377 g/mol. The Morgan fingerprint density at radius 1 is 0.963 bits per heavy atom. The molecular formula is C22H35NO4. The van der Waals surface area contributed by atoms with E-state index in [9.17, 15) is 9.59 Å². The summed E-state index contributed by atoms with van der Waals surface area (Å²) in [6.45, 7) is 6.82. The number of hydrogen-bond donors (Lipinski definition) is 1. The Balaban J connectivity index is 2.48. The molecule has 0 aliphatic carbocycles. The fourth-order valence-electron chi connectivity index (χ4n) is 2.63. The maximum absolute atomic E-state index is 12.5. The zero-order valence-corrected chi connectivity index (χ0v) is 17.0. The number of rotatable bonds is 13. The molecule has 0 heterocycles. The SMILES string of the molecule is CCCCCCCCOC(=O)C(Cc1ccccc1)NC(=O)OCC(C)C. The van der Waals surface area contributed by atoms with Gasteiger partial charge >= 0.3 is 12.1 Å². The molecule has 5 nitrogen and oxygen atoms in total. The normalized spacial score (nSPS) is 11.9. The average Bonchev–Trinajstić information content (AvgIpc) is 2.65. The van der Waals surface area contributed by atoms with Crippen molar-refractivity contribution in [3.63, 3.8) is 0 Å². The standard InChI is InChI=1S/C22H35NO4/c1-4-5-6-7-8-12-15-26-21(24)20(16-19-13-10-9-11-14-19)23-22(25)27-17-18(2)3/h9-11,13-14,18,20H,4-8,12,15-17H2,1-3H3,(H,23,25). The average molecular weight is 378 g/mol. The van der Waals surface area contributed by atoms with E-state index in [1.54, 1.807) is 0 Å². The fraction of sp³-hybridized carbons (Fsp3) is 0.636. The lowest BCUT2D eigenvalue weighted by Crippen LogP contribution is -2.44. The van der Waals surface area contributed by atoms with E-state index < -0.39 is 18.1 Å². The van der Waals surface area contributed by atoms with Crippen molar-refractivity contribution in [2.24, 2.45) is 5.92 Å². The number of hydrogen-bond acceptors (Lipinski definition) is 4. The zero-order chi connectivity index (χ0) is 19.9. The lowest BCUT2D eigenvalue weighted by Gasteiger charge is -2.18. The van der Waals surface area contributed by atoms with Crippen LogP contribution in [0.15, 0.2) is 30.3 Å². The van der Waals surface area contributed by atoms with Gasteiger partial charge in [-0.3, -0.25) is 0 Å². The summed E-state index contributed by atoms with van der Waals surface area (Å²) in [7, 11) is 0. The van der Waals surface area contributed by atoms with Crippen LogP contribution in [0, 0.1) is 5.92 Å². The van der Waals surface area contributed by atoms with Gasteiger partial charge in [0.05, 0.1) is 13.2 Å². The molecule has 0 fully saturated rings. The summed E-state index contributed by atoms with van der Waals surface area (Å²) in [5.74, 6) is -0.170. The number of carbonyl (C=O) groups excluding carboxylic acids is 2. The van der Waals surface area contributed by atoms with Gasteiger partial charge in [-0.1, -0.05) is 83.2 Å². The van der Waals surface area contributed by atoms with Crippen molar-refractivity contribution in [2.75, 3.05) is 13.2 Å². The Labute approximate surface area is 163 Å². The molecule has 0 saturated heterocycles. The van der Waals surface area contributed by atoms with E-state index in [1.165, 1.54) is 25.7 Å². The van der Waals surface area contributed by atoms with E-state index in [0.717, 1.165) is 18.4 Å². The highest BCUT2D eigenvalue weighted by Gasteiger charge is 2.23. The van der Waals surface area contributed by atoms with Crippen molar-refractivity contribution in [1.29, 1.82) is 0 Å². The Morgan fingerprint density at radius 2 is 1.63 bits per heavy atom. The molecule has 0 aliphatic heterocycles. The van der Waals surface area contributed by atoms with Gasteiger partial charge in [0, 0.05) is 6.42 Å². The molecule has 1 amide bonds. The topological polar surface area (TPSA) is 64.6 Å². The molecule has 1 aromatic rings. The van der Waals surface area contributed by atoms with E-state index in [1.807, 2.05) is 44.2 Å². The summed E-state index contributed by atoms with van der Waals surface area (Å²) in [4.78, 5) is 24.5. The second kappa shape index (κ2) is 14.1. The first-order chi connectivity index (χ1) is 13.0. The molecule has 0 aromatic heterocycles. The first-order valence-corrected chi connectivity index (χ1v) is 10.2. The lowest BCUT2D eigenvalue weighted by molar-refractivity contribution is -0.146. The number of esters is 1. The maximum Gasteiger partial charge on any atom is 0.407 e. The Bertz CT molecular complexity index is 530. The summed E-state index contributed by atoms with van der Waals surface area (Å²) in [6.07, 6.45) is 6.57.